The molecule has 0 saturated heterocycles. The first-order valence-electron chi connectivity index (χ1n) is 12.9. The summed E-state index contributed by atoms with van der Waals surface area (Å²) in [6.45, 7) is 2.97. The monoisotopic (exact) mass is 590 g/mol. The molecule has 3 N–H and O–H groups in total. The summed E-state index contributed by atoms with van der Waals surface area (Å²) in [6.07, 6.45) is 2.72. The van der Waals surface area contributed by atoms with Gasteiger partial charge in [-0.1, -0.05) is 30.4 Å². The Hall–Kier alpha value is -4.97. The number of anilines is 3. The van der Waals surface area contributed by atoms with E-state index >= 15 is 0 Å². The third-order valence-electron chi connectivity index (χ3n) is 5.96. The highest BCUT2D eigenvalue weighted by molar-refractivity contribution is 7.18. The van der Waals surface area contributed by atoms with Gasteiger partial charge in [-0.15, -0.1) is 0 Å². The molecule has 0 radical (unpaired) electrons. The second-order valence-electron chi connectivity index (χ2n) is 9.05. The molecule has 8 nitrogen and oxygen atoms in total. The van der Waals surface area contributed by atoms with Crippen molar-refractivity contribution >= 4 is 33.9 Å². The molecule has 2 aromatic carbocycles. The maximum atomic E-state index is 13.4. The highest BCUT2D eigenvalue weighted by Gasteiger charge is 2.31. The molecule has 5 rings (SSSR count). The van der Waals surface area contributed by atoms with Gasteiger partial charge in [0.1, 0.15) is 5.75 Å². The van der Waals surface area contributed by atoms with E-state index in [1.807, 2.05) is 30.5 Å². The van der Waals surface area contributed by atoms with Crippen molar-refractivity contribution in [1.82, 2.24) is 15.0 Å². The summed E-state index contributed by atoms with van der Waals surface area (Å²) in [5, 5.41) is 9.25. The van der Waals surface area contributed by atoms with E-state index in [0.717, 1.165) is 40.7 Å². The van der Waals surface area contributed by atoms with Gasteiger partial charge in [0.05, 0.1) is 28.0 Å². The van der Waals surface area contributed by atoms with Crippen LogP contribution in [0.1, 0.15) is 18.9 Å². The zero-order valence-corrected chi connectivity index (χ0v) is 23.1. The summed E-state index contributed by atoms with van der Waals surface area (Å²) in [4.78, 5) is 26.4. The molecular weight excluding hydrogens is 565 g/mol. The van der Waals surface area contributed by atoms with E-state index in [4.69, 9.17) is 4.74 Å². The number of alkyl halides is 3. The van der Waals surface area contributed by atoms with E-state index in [0.29, 0.717) is 28.4 Å². The Kier molecular flexibility index (Phi) is 8.63. The summed E-state index contributed by atoms with van der Waals surface area (Å²) in [6, 6.07) is 16.4. The van der Waals surface area contributed by atoms with Crippen LogP contribution in [0, 0.1) is 0 Å². The van der Waals surface area contributed by atoms with Gasteiger partial charge in [-0.25, -0.2) is 14.8 Å². The van der Waals surface area contributed by atoms with Crippen molar-refractivity contribution in [3.8, 4) is 33.2 Å². The summed E-state index contributed by atoms with van der Waals surface area (Å²) in [5.74, 6) is 0.875. The molecule has 3 aromatic heterocycles. The maximum absolute atomic E-state index is 13.4. The van der Waals surface area contributed by atoms with E-state index in [1.54, 1.807) is 41.8 Å². The molecule has 12 heteroatoms. The number of thiazole rings is 1. The third kappa shape index (κ3) is 7.21. The number of carbonyl (C=O) groups excluding carboxylic acids is 1. The fourth-order valence-electron chi connectivity index (χ4n) is 3.93. The zero-order chi connectivity index (χ0) is 29.5. The number of urea groups is 1. The standard InChI is InChI=1S/C30H25F3N6O2S/c1-2-13-35-29-37-18-26(42-29)19-5-9-23(10-6-19)41-27-12-8-22(17-36-27)38-28(40)39-25-15-21(30(31,32)33)7-11-24(25)20-4-3-14-34-16-20/h3-12,14-18H,2,13H2,1H3,(H,35,37)(H2,38,39,40). The van der Waals surface area contributed by atoms with E-state index in [1.165, 1.54) is 18.5 Å². The quantitative estimate of drug-likeness (QED) is 0.159. The van der Waals surface area contributed by atoms with E-state index in [2.05, 4.69) is 37.8 Å². The number of hydrogen-bond donors (Lipinski definition) is 3. The minimum absolute atomic E-state index is 0.0153. The van der Waals surface area contributed by atoms with Crippen molar-refractivity contribution in [3.05, 3.63) is 97.1 Å². The molecule has 42 heavy (non-hydrogen) atoms. The first-order chi connectivity index (χ1) is 20.3. The van der Waals surface area contributed by atoms with Crippen LogP contribution in [0.5, 0.6) is 11.6 Å². The van der Waals surface area contributed by atoms with Crippen LogP contribution in [-0.4, -0.2) is 27.5 Å². The molecule has 0 unspecified atom stereocenters. The first kappa shape index (κ1) is 28.6. The molecule has 3 heterocycles. The summed E-state index contributed by atoms with van der Waals surface area (Å²) < 4.78 is 45.9. The van der Waals surface area contributed by atoms with Gasteiger partial charge in [-0.2, -0.15) is 13.2 Å². The molecule has 5 aromatic rings. The molecule has 0 aliphatic heterocycles. The number of ether oxygens (including phenoxy) is 1. The molecule has 0 fully saturated rings. The Morgan fingerprint density at radius 2 is 1.76 bits per heavy atom. The van der Waals surface area contributed by atoms with Crippen LogP contribution in [0.3, 0.4) is 0 Å². The Labute approximate surface area is 243 Å². The number of aromatic nitrogens is 3. The number of rotatable bonds is 9. The molecule has 0 bridgehead atoms. The Morgan fingerprint density at radius 1 is 0.929 bits per heavy atom. The second kappa shape index (κ2) is 12.7. The molecule has 214 valence electrons. The largest absolute Gasteiger partial charge is 0.439 e. The average Bonchev–Trinajstić information content (AvgIpc) is 3.46. The van der Waals surface area contributed by atoms with Crippen LogP contribution in [0.4, 0.5) is 34.5 Å². The highest BCUT2D eigenvalue weighted by Crippen LogP contribution is 2.36. The van der Waals surface area contributed by atoms with Crippen LogP contribution in [0.2, 0.25) is 0 Å². The van der Waals surface area contributed by atoms with E-state index in [-0.39, 0.29) is 5.69 Å². The van der Waals surface area contributed by atoms with Crippen molar-refractivity contribution in [2.24, 2.45) is 0 Å². The van der Waals surface area contributed by atoms with Gasteiger partial charge in [0.2, 0.25) is 5.88 Å². The Bertz CT molecular complexity index is 1640. The highest BCUT2D eigenvalue weighted by atomic mass is 32.1. The number of hydrogen-bond acceptors (Lipinski definition) is 7. The fraction of sp³-hybridized carbons (Fsp3) is 0.133. The molecular formula is C30H25F3N6O2S. The van der Waals surface area contributed by atoms with Crippen molar-refractivity contribution in [2.75, 3.05) is 22.5 Å². The topological polar surface area (TPSA) is 101 Å². The average molecular weight is 591 g/mol. The second-order valence-corrected chi connectivity index (χ2v) is 10.1. The van der Waals surface area contributed by atoms with Crippen molar-refractivity contribution < 1.29 is 22.7 Å². The van der Waals surface area contributed by atoms with Gasteiger partial charge in [-0.05, 0) is 60.5 Å². The zero-order valence-electron chi connectivity index (χ0n) is 22.3. The predicted molar refractivity (Wildman–Crippen MR) is 158 cm³/mol. The minimum atomic E-state index is -4.57. The van der Waals surface area contributed by atoms with Gasteiger partial charge >= 0.3 is 12.2 Å². The lowest BCUT2D eigenvalue weighted by Crippen LogP contribution is -2.20. The normalized spacial score (nSPS) is 11.1. The fourth-order valence-corrected chi connectivity index (χ4v) is 4.77. The van der Waals surface area contributed by atoms with Gasteiger partial charge in [0, 0.05) is 42.3 Å². The van der Waals surface area contributed by atoms with E-state index < -0.39 is 17.8 Å². The number of nitrogens with one attached hydrogen (secondary N) is 3. The first-order valence-corrected chi connectivity index (χ1v) is 13.7. The third-order valence-corrected chi connectivity index (χ3v) is 6.96. The van der Waals surface area contributed by atoms with Gasteiger partial charge in [-0.3, -0.25) is 4.98 Å². The summed E-state index contributed by atoms with van der Waals surface area (Å²) >= 11 is 1.58. The number of halogens is 3. The SMILES string of the molecule is CCCNc1ncc(-c2ccc(Oc3ccc(NC(=O)Nc4cc(C(F)(F)F)ccc4-c4cccnc4)cn3)cc2)s1. The van der Waals surface area contributed by atoms with Crippen molar-refractivity contribution in [3.63, 3.8) is 0 Å². The number of pyridine rings is 2. The number of nitrogens with zero attached hydrogens (tertiary/aromatic N) is 3. The van der Waals surface area contributed by atoms with Gasteiger partial charge in [0.25, 0.3) is 0 Å². The molecule has 0 aliphatic rings. The lowest BCUT2D eigenvalue weighted by atomic mass is 10.0. The Morgan fingerprint density at radius 3 is 2.45 bits per heavy atom. The predicted octanol–water partition coefficient (Wildman–Crippen LogP) is 8.54. The Balaban J connectivity index is 1.22. The summed E-state index contributed by atoms with van der Waals surface area (Å²) in [7, 11) is 0. The number of benzene rings is 2. The molecule has 0 saturated carbocycles. The molecule has 2 amide bonds. The minimum Gasteiger partial charge on any atom is -0.439 e. The van der Waals surface area contributed by atoms with E-state index in [9.17, 15) is 18.0 Å². The van der Waals surface area contributed by atoms with Crippen molar-refractivity contribution in [1.29, 1.82) is 0 Å². The maximum Gasteiger partial charge on any atom is 0.416 e. The van der Waals surface area contributed by atoms with Gasteiger partial charge < -0.3 is 20.7 Å². The van der Waals surface area contributed by atoms with Crippen molar-refractivity contribution in [2.45, 2.75) is 19.5 Å². The van der Waals surface area contributed by atoms with Crippen LogP contribution >= 0.6 is 11.3 Å². The lowest BCUT2D eigenvalue weighted by Gasteiger charge is -2.15. The van der Waals surface area contributed by atoms with Crippen LogP contribution in [-0.2, 0) is 6.18 Å². The smallest absolute Gasteiger partial charge is 0.416 e. The van der Waals surface area contributed by atoms with Crippen LogP contribution < -0.4 is 20.7 Å². The summed E-state index contributed by atoms with van der Waals surface area (Å²) in [5.41, 5.74) is 1.38. The molecule has 0 aliphatic carbocycles. The molecule has 0 atom stereocenters. The molecule has 0 spiro atoms. The lowest BCUT2D eigenvalue weighted by molar-refractivity contribution is -0.137. The van der Waals surface area contributed by atoms with Gasteiger partial charge in [0.15, 0.2) is 5.13 Å². The van der Waals surface area contributed by atoms with Crippen LogP contribution in [0.25, 0.3) is 21.6 Å². The van der Waals surface area contributed by atoms with Crippen LogP contribution in [0.15, 0.2) is 91.5 Å². The number of amides is 2. The number of carbonyl (C=O) groups is 1.